The van der Waals surface area contributed by atoms with Crippen LogP contribution in [0.1, 0.15) is 12.5 Å². The highest BCUT2D eigenvalue weighted by molar-refractivity contribution is 6.35. The summed E-state index contributed by atoms with van der Waals surface area (Å²) >= 11 is 6.13. The van der Waals surface area contributed by atoms with Gasteiger partial charge in [0.15, 0.2) is 5.78 Å². The highest BCUT2D eigenvalue weighted by Crippen LogP contribution is 2.18. The third-order valence-corrected chi connectivity index (χ3v) is 3.56. The number of nitrogens with one attached hydrogen (secondary N) is 1. The van der Waals surface area contributed by atoms with E-state index in [-0.39, 0.29) is 16.3 Å². The van der Waals surface area contributed by atoms with Gasteiger partial charge in [-0.15, -0.1) is 0 Å². The number of rotatable bonds is 6. The standard InChI is InChI=1S/C19H15ClN2O4/c1-13(23)18(12-15(20)11-14-5-3-2-4-6-14)19(24)21-16-7-9-17(10-8-16)22(25)26/h2-12H,1H3,(H,21,24)/b15-11-,18-12+. The molecule has 0 saturated heterocycles. The van der Waals surface area contributed by atoms with Gasteiger partial charge in [0.2, 0.25) is 0 Å². The molecule has 0 fully saturated rings. The Morgan fingerprint density at radius 1 is 1.08 bits per heavy atom. The molecule has 0 aliphatic carbocycles. The first-order valence-electron chi connectivity index (χ1n) is 7.57. The number of non-ortho nitro benzene ring substituents is 1. The van der Waals surface area contributed by atoms with Gasteiger partial charge in [-0.05, 0) is 36.8 Å². The summed E-state index contributed by atoms with van der Waals surface area (Å²) in [6, 6.07) is 14.5. The number of ketones is 1. The molecule has 2 rings (SSSR count). The summed E-state index contributed by atoms with van der Waals surface area (Å²) in [4.78, 5) is 34.2. The van der Waals surface area contributed by atoms with Crippen molar-refractivity contribution in [2.75, 3.05) is 5.32 Å². The highest BCUT2D eigenvalue weighted by atomic mass is 35.5. The zero-order chi connectivity index (χ0) is 19.1. The van der Waals surface area contributed by atoms with Gasteiger partial charge in [-0.3, -0.25) is 19.7 Å². The molecule has 6 nitrogen and oxygen atoms in total. The first kappa shape index (κ1) is 19.1. The quantitative estimate of drug-likeness (QED) is 0.205. The SMILES string of the molecule is CC(=O)/C(=C\C(Cl)=C\c1ccccc1)C(=O)Nc1ccc([N+](=O)[O-])cc1. The van der Waals surface area contributed by atoms with Crippen molar-refractivity contribution < 1.29 is 14.5 Å². The van der Waals surface area contributed by atoms with Gasteiger partial charge in [0.25, 0.3) is 11.6 Å². The second kappa shape index (κ2) is 8.73. The van der Waals surface area contributed by atoms with Crippen LogP contribution in [0.4, 0.5) is 11.4 Å². The van der Waals surface area contributed by atoms with Crippen LogP contribution in [0.2, 0.25) is 0 Å². The lowest BCUT2D eigenvalue weighted by Gasteiger charge is -2.06. The number of amides is 1. The monoisotopic (exact) mass is 370 g/mol. The number of Topliss-reactive ketones (excluding diaryl/α,β-unsaturated/α-hetero) is 1. The lowest BCUT2D eigenvalue weighted by atomic mass is 10.1. The smallest absolute Gasteiger partial charge is 0.269 e. The molecule has 1 amide bonds. The molecule has 0 unspecified atom stereocenters. The van der Waals surface area contributed by atoms with Crippen molar-refractivity contribution in [2.24, 2.45) is 0 Å². The summed E-state index contributed by atoms with van der Waals surface area (Å²) in [6.07, 6.45) is 2.92. The van der Waals surface area contributed by atoms with Gasteiger partial charge in [0.1, 0.15) is 0 Å². The number of carbonyl (C=O) groups is 2. The van der Waals surface area contributed by atoms with Gasteiger partial charge in [-0.25, -0.2) is 0 Å². The number of nitro groups is 1. The Morgan fingerprint density at radius 2 is 1.69 bits per heavy atom. The third-order valence-electron chi connectivity index (χ3n) is 3.35. The Labute approximate surface area is 154 Å². The molecular formula is C19H15ClN2O4. The number of nitrogens with zero attached hydrogens (tertiary/aromatic N) is 1. The van der Waals surface area contributed by atoms with E-state index >= 15 is 0 Å². The molecule has 0 aromatic heterocycles. The van der Waals surface area contributed by atoms with Crippen molar-refractivity contribution in [3.8, 4) is 0 Å². The number of hydrogen-bond acceptors (Lipinski definition) is 4. The predicted octanol–water partition coefficient (Wildman–Crippen LogP) is 4.33. The molecule has 132 valence electrons. The molecule has 0 spiro atoms. The van der Waals surface area contributed by atoms with Crippen molar-refractivity contribution in [3.05, 3.63) is 87.0 Å². The molecular weight excluding hydrogens is 356 g/mol. The van der Waals surface area contributed by atoms with Crippen LogP contribution in [-0.2, 0) is 9.59 Å². The van der Waals surface area contributed by atoms with E-state index in [1.165, 1.54) is 37.3 Å². The number of allylic oxidation sites excluding steroid dienone is 2. The van der Waals surface area contributed by atoms with Crippen LogP contribution >= 0.6 is 11.6 Å². The zero-order valence-corrected chi connectivity index (χ0v) is 14.6. The van der Waals surface area contributed by atoms with Crippen molar-refractivity contribution in [3.63, 3.8) is 0 Å². The number of hydrogen-bond donors (Lipinski definition) is 1. The second-order valence-electron chi connectivity index (χ2n) is 5.31. The normalized spacial score (nSPS) is 11.8. The topological polar surface area (TPSA) is 89.3 Å². The number of anilines is 1. The molecule has 0 atom stereocenters. The van der Waals surface area contributed by atoms with Crippen molar-refractivity contribution in [1.29, 1.82) is 0 Å². The van der Waals surface area contributed by atoms with E-state index < -0.39 is 16.6 Å². The van der Waals surface area contributed by atoms with E-state index in [4.69, 9.17) is 11.6 Å². The Balaban J connectivity index is 2.20. The molecule has 0 bridgehead atoms. The minimum absolute atomic E-state index is 0.0980. The van der Waals surface area contributed by atoms with Crippen LogP contribution < -0.4 is 5.32 Å². The van der Waals surface area contributed by atoms with Crippen LogP contribution in [0.5, 0.6) is 0 Å². The first-order valence-corrected chi connectivity index (χ1v) is 7.95. The van der Waals surface area contributed by atoms with Crippen LogP contribution in [-0.4, -0.2) is 16.6 Å². The predicted molar refractivity (Wildman–Crippen MR) is 101 cm³/mol. The average molecular weight is 371 g/mol. The number of benzene rings is 2. The largest absolute Gasteiger partial charge is 0.322 e. The van der Waals surface area contributed by atoms with Gasteiger partial charge in [-0.1, -0.05) is 41.9 Å². The van der Waals surface area contributed by atoms with Gasteiger partial charge < -0.3 is 5.32 Å². The molecule has 1 N–H and O–H groups in total. The minimum Gasteiger partial charge on any atom is -0.322 e. The van der Waals surface area contributed by atoms with Gasteiger partial charge >= 0.3 is 0 Å². The summed E-state index contributed by atoms with van der Waals surface area (Å²) < 4.78 is 0. The fraction of sp³-hybridized carbons (Fsp3) is 0.0526. The van der Waals surface area contributed by atoms with E-state index in [2.05, 4.69) is 5.32 Å². The van der Waals surface area contributed by atoms with Crippen molar-refractivity contribution in [2.45, 2.75) is 6.92 Å². The molecule has 0 radical (unpaired) electrons. The van der Waals surface area contributed by atoms with Gasteiger partial charge in [0.05, 0.1) is 10.5 Å². The van der Waals surface area contributed by atoms with E-state index in [1.54, 1.807) is 6.08 Å². The summed E-state index contributed by atoms with van der Waals surface area (Å²) in [6.45, 7) is 1.26. The van der Waals surface area contributed by atoms with Crippen LogP contribution in [0.25, 0.3) is 6.08 Å². The highest BCUT2D eigenvalue weighted by Gasteiger charge is 2.15. The van der Waals surface area contributed by atoms with Crippen molar-refractivity contribution in [1.82, 2.24) is 0 Å². The van der Waals surface area contributed by atoms with E-state index in [0.717, 1.165) is 5.56 Å². The van der Waals surface area contributed by atoms with E-state index in [0.29, 0.717) is 5.69 Å². The Kier molecular flexibility index (Phi) is 6.41. The third kappa shape index (κ3) is 5.39. The Morgan fingerprint density at radius 3 is 2.23 bits per heavy atom. The summed E-state index contributed by atoms with van der Waals surface area (Å²) in [7, 11) is 0. The molecule has 26 heavy (non-hydrogen) atoms. The maximum absolute atomic E-state index is 12.3. The molecule has 7 heteroatoms. The Bertz CT molecular complexity index is 888. The molecule has 0 saturated carbocycles. The Hall–Kier alpha value is -3.25. The molecule has 0 aliphatic heterocycles. The maximum Gasteiger partial charge on any atom is 0.269 e. The number of nitro benzene ring substituents is 1. The molecule has 2 aromatic carbocycles. The summed E-state index contributed by atoms with van der Waals surface area (Å²) in [5.41, 5.74) is 0.933. The first-order chi connectivity index (χ1) is 12.4. The molecule has 0 heterocycles. The fourth-order valence-corrected chi connectivity index (χ4v) is 2.32. The average Bonchev–Trinajstić information content (AvgIpc) is 2.60. The van der Waals surface area contributed by atoms with Gasteiger partial charge in [0, 0.05) is 22.9 Å². The zero-order valence-electron chi connectivity index (χ0n) is 13.8. The van der Waals surface area contributed by atoms with Crippen LogP contribution in [0.3, 0.4) is 0 Å². The lowest BCUT2D eigenvalue weighted by molar-refractivity contribution is -0.384. The molecule has 0 aliphatic rings. The minimum atomic E-state index is -0.647. The molecule has 2 aromatic rings. The number of halogens is 1. The number of carbonyl (C=O) groups excluding carboxylic acids is 2. The second-order valence-corrected chi connectivity index (χ2v) is 5.75. The van der Waals surface area contributed by atoms with Crippen molar-refractivity contribution >= 4 is 40.7 Å². The van der Waals surface area contributed by atoms with E-state index in [9.17, 15) is 19.7 Å². The van der Waals surface area contributed by atoms with E-state index in [1.807, 2.05) is 30.3 Å². The summed E-state index contributed by atoms with van der Waals surface area (Å²) in [5.74, 6) is -1.10. The maximum atomic E-state index is 12.3. The van der Waals surface area contributed by atoms with Gasteiger partial charge in [-0.2, -0.15) is 0 Å². The van der Waals surface area contributed by atoms with Crippen LogP contribution in [0.15, 0.2) is 71.3 Å². The lowest BCUT2D eigenvalue weighted by Crippen LogP contribution is -2.19. The van der Waals surface area contributed by atoms with Crippen LogP contribution in [0, 0.1) is 10.1 Å². The fourth-order valence-electron chi connectivity index (χ4n) is 2.08. The summed E-state index contributed by atoms with van der Waals surface area (Å²) in [5, 5.41) is 13.4.